The van der Waals surface area contributed by atoms with Gasteiger partial charge in [0.05, 0.1) is 19.3 Å². The van der Waals surface area contributed by atoms with Crippen LogP contribution in [0.4, 0.5) is 0 Å². The predicted octanol–water partition coefficient (Wildman–Crippen LogP) is 2.91. The van der Waals surface area contributed by atoms with Crippen molar-refractivity contribution in [1.29, 1.82) is 0 Å². The minimum Gasteiger partial charge on any atom is -0.466 e. The summed E-state index contributed by atoms with van der Waals surface area (Å²) >= 11 is 0. The van der Waals surface area contributed by atoms with Crippen molar-refractivity contribution in [3.8, 4) is 0 Å². The molecule has 2 heterocycles. The zero-order chi connectivity index (χ0) is 17.1. The fourth-order valence-electron chi connectivity index (χ4n) is 4.01. The SMILES string of the molecule is CCOC(=O)C[C@H]1CC(=O)N2C(OC[C@H]2c2ccccc2)[C@H]1CC. The van der Waals surface area contributed by atoms with E-state index in [1.807, 2.05) is 35.2 Å². The van der Waals surface area contributed by atoms with Gasteiger partial charge in [0, 0.05) is 18.8 Å². The number of benzene rings is 1. The lowest BCUT2D eigenvalue weighted by molar-refractivity contribution is -0.157. The maximum atomic E-state index is 12.8. The summed E-state index contributed by atoms with van der Waals surface area (Å²) in [5.74, 6) is 0.0169. The Kier molecular flexibility index (Phi) is 5.19. The summed E-state index contributed by atoms with van der Waals surface area (Å²) in [6.45, 7) is 4.78. The van der Waals surface area contributed by atoms with Crippen molar-refractivity contribution in [2.45, 2.75) is 45.4 Å². The standard InChI is InChI=1S/C19H25NO4/c1-3-15-14(11-18(22)23-4-2)10-17(21)20-16(12-24-19(15)20)13-8-6-5-7-9-13/h5-9,14-16,19H,3-4,10-12H2,1-2H3/t14-,15+,16+,19?/m1/s1. The molecule has 0 saturated carbocycles. The number of nitrogens with zero attached hydrogens (tertiary/aromatic N) is 1. The van der Waals surface area contributed by atoms with Gasteiger partial charge in [-0.25, -0.2) is 0 Å². The summed E-state index contributed by atoms with van der Waals surface area (Å²) in [5, 5.41) is 0. The van der Waals surface area contributed by atoms with E-state index in [9.17, 15) is 9.59 Å². The molecular formula is C19H25NO4. The van der Waals surface area contributed by atoms with Gasteiger partial charge in [-0.1, -0.05) is 37.3 Å². The van der Waals surface area contributed by atoms with E-state index < -0.39 is 0 Å². The number of esters is 1. The Labute approximate surface area is 142 Å². The van der Waals surface area contributed by atoms with Crippen LogP contribution in [0.5, 0.6) is 0 Å². The number of ether oxygens (including phenoxy) is 2. The molecule has 2 fully saturated rings. The van der Waals surface area contributed by atoms with Crippen molar-refractivity contribution in [3.63, 3.8) is 0 Å². The number of hydrogen-bond donors (Lipinski definition) is 0. The summed E-state index contributed by atoms with van der Waals surface area (Å²) in [7, 11) is 0. The second-order valence-corrected chi connectivity index (χ2v) is 6.50. The minimum absolute atomic E-state index is 0.00248. The molecular weight excluding hydrogens is 306 g/mol. The Balaban J connectivity index is 1.78. The van der Waals surface area contributed by atoms with Crippen molar-refractivity contribution in [1.82, 2.24) is 4.90 Å². The van der Waals surface area contributed by atoms with E-state index in [2.05, 4.69) is 6.92 Å². The average Bonchev–Trinajstić information content (AvgIpc) is 3.02. The van der Waals surface area contributed by atoms with E-state index in [1.165, 1.54) is 0 Å². The van der Waals surface area contributed by atoms with Crippen LogP contribution in [0.1, 0.15) is 44.7 Å². The molecule has 0 aromatic heterocycles. The number of amides is 1. The minimum atomic E-state index is -0.235. The van der Waals surface area contributed by atoms with Crippen LogP contribution in [0, 0.1) is 11.8 Å². The molecule has 0 N–H and O–H groups in total. The monoisotopic (exact) mass is 331 g/mol. The molecule has 1 unspecified atom stereocenters. The third-order valence-corrected chi connectivity index (χ3v) is 5.12. The van der Waals surface area contributed by atoms with Gasteiger partial charge in [-0.15, -0.1) is 0 Å². The fraction of sp³-hybridized carbons (Fsp3) is 0.579. The molecule has 1 aromatic rings. The predicted molar refractivity (Wildman–Crippen MR) is 88.9 cm³/mol. The Morgan fingerprint density at radius 2 is 2.04 bits per heavy atom. The molecule has 0 bridgehead atoms. The Morgan fingerprint density at radius 1 is 1.29 bits per heavy atom. The first-order valence-electron chi connectivity index (χ1n) is 8.79. The van der Waals surface area contributed by atoms with Crippen LogP contribution < -0.4 is 0 Å². The van der Waals surface area contributed by atoms with E-state index >= 15 is 0 Å². The van der Waals surface area contributed by atoms with Gasteiger partial charge in [0.2, 0.25) is 5.91 Å². The first kappa shape index (κ1) is 17.0. The molecule has 2 saturated heterocycles. The van der Waals surface area contributed by atoms with E-state index in [0.717, 1.165) is 12.0 Å². The van der Waals surface area contributed by atoms with Gasteiger partial charge in [-0.2, -0.15) is 0 Å². The van der Waals surface area contributed by atoms with Crippen LogP contribution in [0.3, 0.4) is 0 Å². The van der Waals surface area contributed by atoms with Gasteiger partial charge >= 0.3 is 5.97 Å². The van der Waals surface area contributed by atoms with Crippen LogP contribution in [-0.4, -0.2) is 36.2 Å². The number of carbonyl (C=O) groups is 2. The molecule has 1 aromatic carbocycles. The average molecular weight is 331 g/mol. The van der Waals surface area contributed by atoms with Gasteiger partial charge in [-0.05, 0) is 24.8 Å². The highest BCUT2D eigenvalue weighted by molar-refractivity contribution is 5.80. The van der Waals surface area contributed by atoms with Crippen molar-refractivity contribution in [2.75, 3.05) is 13.2 Å². The summed E-state index contributed by atoms with van der Waals surface area (Å²) in [5.41, 5.74) is 1.10. The van der Waals surface area contributed by atoms with Crippen LogP contribution in [-0.2, 0) is 19.1 Å². The molecule has 130 valence electrons. The van der Waals surface area contributed by atoms with Crippen LogP contribution in [0.2, 0.25) is 0 Å². The Morgan fingerprint density at radius 3 is 2.71 bits per heavy atom. The molecule has 1 amide bonds. The largest absolute Gasteiger partial charge is 0.466 e. The van der Waals surface area contributed by atoms with Gasteiger partial charge in [0.15, 0.2) is 0 Å². The zero-order valence-electron chi connectivity index (χ0n) is 14.3. The normalized spacial score (nSPS) is 29.4. The lowest BCUT2D eigenvalue weighted by atomic mass is 9.79. The molecule has 5 nitrogen and oxygen atoms in total. The van der Waals surface area contributed by atoms with E-state index in [1.54, 1.807) is 6.92 Å². The van der Waals surface area contributed by atoms with Gasteiger partial charge in [-0.3, -0.25) is 9.59 Å². The molecule has 4 atom stereocenters. The van der Waals surface area contributed by atoms with Gasteiger partial charge in [0.1, 0.15) is 6.23 Å². The number of rotatable bonds is 5. The van der Waals surface area contributed by atoms with Crippen molar-refractivity contribution >= 4 is 11.9 Å². The Bertz CT molecular complexity index is 588. The maximum Gasteiger partial charge on any atom is 0.306 e. The third kappa shape index (κ3) is 3.18. The lowest BCUT2D eigenvalue weighted by Crippen LogP contribution is -2.50. The molecule has 24 heavy (non-hydrogen) atoms. The fourth-order valence-corrected chi connectivity index (χ4v) is 4.01. The van der Waals surface area contributed by atoms with E-state index in [0.29, 0.717) is 26.1 Å². The molecule has 0 radical (unpaired) electrons. The number of piperidine rings is 1. The molecule has 2 aliphatic heterocycles. The number of carbonyl (C=O) groups excluding carboxylic acids is 2. The molecule has 0 aliphatic carbocycles. The topological polar surface area (TPSA) is 55.8 Å². The van der Waals surface area contributed by atoms with Gasteiger partial charge < -0.3 is 14.4 Å². The molecule has 0 spiro atoms. The quantitative estimate of drug-likeness (QED) is 0.779. The van der Waals surface area contributed by atoms with Crippen LogP contribution >= 0.6 is 0 Å². The first-order chi connectivity index (χ1) is 11.7. The highest BCUT2D eigenvalue weighted by atomic mass is 16.5. The summed E-state index contributed by atoms with van der Waals surface area (Å²) in [4.78, 5) is 26.5. The summed E-state index contributed by atoms with van der Waals surface area (Å²) in [6.07, 6.45) is 1.32. The van der Waals surface area contributed by atoms with Gasteiger partial charge in [0.25, 0.3) is 0 Å². The second-order valence-electron chi connectivity index (χ2n) is 6.50. The summed E-state index contributed by atoms with van der Waals surface area (Å²) in [6, 6.07) is 9.99. The maximum absolute atomic E-state index is 12.8. The van der Waals surface area contributed by atoms with Crippen molar-refractivity contribution < 1.29 is 19.1 Å². The highest BCUT2D eigenvalue weighted by Crippen LogP contribution is 2.43. The van der Waals surface area contributed by atoms with E-state index in [4.69, 9.17) is 9.47 Å². The molecule has 3 rings (SSSR count). The summed E-state index contributed by atoms with van der Waals surface area (Å²) < 4.78 is 11.1. The molecule has 5 heteroatoms. The first-order valence-corrected chi connectivity index (χ1v) is 8.79. The smallest absolute Gasteiger partial charge is 0.306 e. The molecule has 2 aliphatic rings. The second kappa shape index (κ2) is 7.34. The van der Waals surface area contributed by atoms with E-state index in [-0.39, 0.29) is 36.0 Å². The van der Waals surface area contributed by atoms with Crippen molar-refractivity contribution in [2.24, 2.45) is 11.8 Å². The van der Waals surface area contributed by atoms with Crippen molar-refractivity contribution in [3.05, 3.63) is 35.9 Å². The number of hydrogen-bond acceptors (Lipinski definition) is 4. The number of fused-ring (bicyclic) bond motifs is 1. The van der Waals surface area contributed by atoms with Crippen LogP contribution in [0.15, 0.2) is 30.3 Å². The highest BCUT2D eigenvalue weighted by Gasteiger charge is 2.49. The lowest BCUT2D eigenvalue weighted by Gasteiger charge is -2.41. The zero-order valence-corrected chi connectivity index (χ0v) is 14.3. The third-order valence-electron chi connectivity index (χ3n) is 5.12. The Hall–Kier alpha value is -1.88. The van der Waals surface area contributed by atoms with Crippen LogP contribution in [0.25, 0.3) is 0 Å².